The first kappa shape index (κ1) is 21.1. The van der Waals surface area contributed by atoms with Crippen molar-refractivity contribution < 1.29 is 17.9 Å². The number of alkyl halides is 3. The third kappa shape index (κ3) is 5.68. The Kier molecular flexibility index (Phi) is 6.71. The van der Waals surface area contributed by atoms with Crippen molar-refractivity contribution in [2.45, 2.75) is 13.1 Å². The standard InChI is InChI=1S/C20H21F3N4OS/c1-14(15-6-8-16(9-7-15)27-10-12-28-13-11-27)25-26-19(29)24-18-5-3-2-4-17(18)20(21,22)23/h2-9H,10-13H2,1H3,(H2,24,26,29). The summed E-state index contributed by atoms with van der Waals surface area (Å²) in [5.74, 6) is 0. The lowest BCUT2D eigenvalue weighted by atomic mass is 10.1. The predicted molar refractivity (Wildman–Crippen MR) is 112 cm³/mol. The van der Waals surface area contributed by atoms with Crippen LogP contribution >= 0.6 is 12.2 Å². The smallest absolute Gasteiger partial charge is 0.378 e. The molecule has 0 spiro atoms. The number of hydrazone groups is 1. The second-order valence-corrected chi connectivity index (χ2v) is 6.86. The van der Waals surface area contributed by atoms with Crippen LogP contribution in [-0.2, 0) is 10.9 Å². The van der Waals surface area contributed by atoms with Crippen LogP contribution in [0.15, 0.2) is 53.6 Å². The van der Waals surface area contributed by atoms with Gasteiger partial charge < -0.3 is 15.0 Å². The van der Waals surface area contributed by atoms with Gasteiger partial charge in [-0.2, -0.15) is 18.3 Å². The van der Waals surface area contributed by atoms with E-state index >= 15 is 0 Å². The van der Waals surface area contributed by atoms with Gasteiger partial charge in [0.25, 0.3) is 0 Å². The number of halogens is 3. The van der Waals surface area contributed by atoms with Crippen LogP contribution in [0.4, 0.5) is 24.5 Å². The molecule has 0 atom stereocenters. The van der Waals surface area contributed by atoms with Crippen LogP contribution in [0.5, 0.6) is 0 Å². The zero-order valence-electron chi connectivity index (χ0n) is 15.8. The van der Waals surface area contributed by atoms with Crippen molar-refractivity contribution in [2.75, 3.05) is 36.5 Å². The minimum atomic E-state index is -4.47. The molecule has 0 unspecified atom stereocenters. The van der Waals surface area contributed by atoms with E-state index in [-0.39, 0.29) is 10.8 Å². The number of benzene rings is 2. The van der Waals surface area contributed by atoms with Crippen LogP contribution in [-0.4, -0.2) is 37.1 Å². The molecular weight excluding hydrogens is 401 g/mol. The molecule has 1 fully saturated rings. The number of anilines is 2. The van der Waals surface area contributed by atoms with Gasteiger partial charge >= 0.3 is 6.18 Å². The first-order valence-corrected chi connectivity index (χ1v) is 9.46. The highest BCUT2D eigenvalue weighted by Gasteiger charge is 2.33. The van der Waals surface area contributed by atoms with Gasteiger partial charge in [0.2, 0.25) is 0 Å². The minimum Gasteiger partial charge on any atom is -0.378 e. The Hall–Kier alpha value is -2.65. The summed E-state index contributed by atoms with van der Waals surface area (Å²) in [6.07, 6.45) is -4.47. The van der Waals surface area contributed by atoms with Gasteiger partial charge in [0.15, 0.2) is 5.11 Å². The summed E-state index contributed by atoms with van der Waals surface area (Å²) in [5, 5.41) is 6.70. The quantitative estimate of drug-likeness (QED) is 0.438. The molecule has 9 heteroatoms. The molecule has 1 heterocycles. The summed E-state index contributed by atoms with van der Waals surface area (Å²) in [5.41, 5.74) is 4.34. The molecule has 0 bridgehead atoms. The van der Waals surface area contributed by atoms with Crippen molar-refractivity contribution >= 4 is 34.4 Å². The Morgan fingerprint density at radius 1 is 1.07 bits per heavy atom. The Labute approximate surface area is 172 Å². The fourth-order valence-electron chi connectivity index (χ4n) is 2.92. The molecule has 1 aliphatic heterocycles. The molecule has 29 heavy (non-hydrogen) atoms. The summed E-state index contributed by atoms with van der Waals surface area (Å²) in [6, 6.07) is 13.1. The molecule has 2 aromatic carbocycles. The van der Waals surface area contributed by atoms with E-state index in [0.717, 1.165) is 30.4 Å². The van der Waals surface area contributed by atoms with Gasteiger partial charge in [0, 0.05) is 18.8 Å². The molecule has 3 rings (SSSR count). The first-order valence-electron chi connectivity index (χ1n) is 9.05. The lowest BCUT2D eigenvalue weighted by Gasteiger charge is -2.28. The SMILES string of the molecule is CC(=NNC(=S)Nc1ccccc1C(F)(F)F)c1ccc(N2CCOCC2)cc1. The fraction of sp³-hybridized carbons (Fsp3) is 0.300. The second-order valence-electron chi connectivity index (χ2n) is 6.45. The normalized spacial score (nSPS) is 15.2. The lowest BCUT2D eigenvalue weighted by molar-refractivity contribution is -0.136. The Morgan fingerprint density at radius 2 is 1.72 bits per heavy atom. The van der Waals surface area contributed by atoms with E-state index in [1.165, 1.54) is 18.2 Å². The molecule has 0 radical (unpaired) electrons. The summed E-state index contributed by atoms with van der Waals surface area (Å²) in [6.45, 7) is 4.94. The summed E-state index contributed by atoms with van der Waals surface area (Å²) in [4.78, 5) is 2.25. The average Bonchev–Trinajstić information content (AvgIpc) is 2.72. The maximum Gasteiger partial charge on any atom is 0.418 e. The fourth-order valence-corrected chi connectivity index (χ4v) is 3.08. The number of para-hydroxylation sites is 1. The van der Waals surface area contributed by atoms with Gasteiger partial charge in [-0.05, 0) is 49.0 Å². The molecule has 0 amide bonds. The van der Waals surface area contributed by atoms with E-state index in [1.807, 2.05) is 24.3 Å². The Bertz CT molecular complexity index is 878. The molecule has 1 aliphatic rings. The Balaban J connectivity index is 1.62. The van der Waals surface area contributed by atoms with E-state index in [1.54, 1.807) is 6.92 Å². The molecule has 0 saturated carbocycles. The highest BCUT2D eigenvalue weighted by molar-refractivity contribution is 7.80. The average molecular weight is 422 g/mol. The van der Waals surface area contributed by atoms with E-state index in [2.05, 4.69) is 20.7 Å². The van der Waals surface area contributed by atoms with Crippen LogP contribution in [0, 0.1) is 0 Å². The van der Waals surface area contributed by atoms with Crippen molar-refractivity contribution in [3.63, 3.8) is 0 Å². The van der Waals surface area contributed by atoms with Crippen LogP contribution in [0.1, 0.15) is 18.1 Å². The van der Waals surface area contributed by atoms with Gasteiger partial charge in [-0.1, -0.05) is 24.3 Å². The molecule has 1 saturated heterocycles. The third-order valence-electron chi connectivity index (χ3n) is 4.47. The number of morpholine rings is 1. The van der Waals surface area contributed by atoms with Gasteiger partial charge in [-0.3, -0.25) is 5.43 Å². The maximum absolute atomic E-state index is 13.1. The second kappa shape index (κ2) is 9.23. The largest absolute Gasteiger partial charge is 0.418 e. The number of ether oxygens (including phenoxy) is 1. The minimum absolute atomic E-state index is 0.0222. The summed E-state index contributed by atoms with van der Waals surface area (Å²) < 4.78 is 44.5. The van der Waals surface area contributed by atoms with Crippen molar-refractivity contribution in [1.29, 1.82) is 0 Å². The van der Waals surface area contributed by atoms with Crippen LogP contribution < -0.4 is 15.6 Å². The van der Waals surface area contributed by atoms with Crippen molar-refractivity contribution in [3.05, 3.63) is 59.7 Å². The zero-order valence-corrected chi connectivity index (χ0v) is 16.6. The highest BCUT2D eigenvalue weighted by Crippen LogP contribution is 2.34. The van der Waals surface area contributed by atoms with Crippen molar-refractivity contribution in [1.82, 2.24) is 5.43 Å². The number of rotatable bonds is 4. The van der Waals surface area contributed by atoms with Crippen LogP contribution in [0.25, 0.3) is 0 Å². The molecule has 0 aliphatic carbocycles. The van der Waals surface area contributed by atoms with Crippen LogP contribution in [0.2, 0.25) is 0 Å². The number of thiocarbonyl (C=S) groups is 1. The van der Waals surface area contributed by atoms with Gasteiger partial charge in [0.05, 0.1) is 30.2 Å². The molecule has 5 nitrogen and oxygen atoms in total. The number of hydrogen-bond acceptors (Lipinski definition) is 4. The van der Waals surface area contributed by atoms with Gasteiger partial charge in [-0.15, -0.1) is 0 Å². The third-order valence-corrected chi connectivity index (χ3v) is 4.66. The van der Waals surface area contributed by atoms with E-state index in [0.29, 0.717) is 18.9 Å². The molecule has 2 N–H and O–H groups in total. The zero-order chi connectivity index (χ0) is 20.9. The molecule has 2 aromatic rings. The van der Waals surface area contributed by atoms with Gasteiger partial charge in [-0.25, -0.2) is 0 Å². The van der Waals surface area contributed by atoms with E-state index in [4.69, 9.17) is 17.0 Å². The molecule has 154 valence electrons. The number of nitrogens with zero attached hydrogens (tertiary/aromatic N) is 2. The van der Waals surface area contributed by atoms with E-state index < -0.39 is 11.7 Å². The maximum atomic E-state index is 13.1. The monoisotopic (exact) mass is 422 g/mol. The first-order chi connectivity index (χ1) is 13.8. The van der Waals surface area contributed by atoms with E-state index in [9.17, 15) is 13.2 Å². The van der Waals surface area contributed by atoms with Crippen molar-refractivity contribution in [2.24, 2.45) is 5.10 Å². The summed E-state index contributed by atoms with van der Waals surface area (Å²) in [7, 11) is 0. The van der Waals surface area contributed by atoms with Crippen molar-refractivity contribution in [3.8, 4) is 0 Å². The Morgan fingerprint density at radius 3 is 2.38 bits per heavy atom. The molecule has 0 aromatic heterocycles. The van der Waals surface area contributed by atoms with Gasteiger partial charge in [0.1, 0.15) is 0 Å². The topological polar surface area (TPSA) is 48.9 Å². The molecular formula is C20H21F3N4OS. The predicted octanol–water partition coefficient (Wildman–Crippen LogP) is 4.25. The lowest BCUT2D eigenvalue weighted by Crippen LogP contribution is -2.36. The van der Waals surface area contributed by atoms with Crippen LogP contribution in [0.3, 0.4) is 0 Å². The number of hydrogen-bond donors (Lipinski definition) is 2. The highest BCUT2D eigenvalue weighted by atomic mass is 32.1. The summed E-state index contributed by atoms with van der Waals surface area (Å²) >= 11 is 5.08. The number of nitrogens with one attached hydrogen (secondary N) is 2.